The van der Waals surface area contributed by atoms with Crippen LogP contribution in [0.2, 0.25) is 0 Å². The summed E-state index contributed by atoms with van der Waals surface area (Å²) in [6.07, 6.45) is 2.05. The first-order valence-corrected chi connectivity index (χ1v) is 7.61. The molecule has 6 heteroatoms. The van der Waals surface area contributed by atoms with Gasteiger partial charge in [-0.2, -0.15) is 4.37 Å². The first kappa shape index (κ1) is 13.3. The number of fused-ring (bicyclic) bond motifs is 1. The topological polar surface area (TPSA) is 71.2 Å². The van der Waals surface area contributed by atoms with Crippen molar-refractivity contribution in [3.63, 3.8) is 0 Å². The van der Waals surface area contributed by atoms with E-state index in [9.17, 15) is 4.79 Å². The lowest BCUT2D eigenvalue weighted by molar-refractivity contribution is -0.119. The summed E-state index contributed by atoms with van der Waals surface area (Å²) in [7, 11) is 0. The van der Waals surface area contributed by atoms with E-state index in [1.165, 1.54) is 16.9 Å². The van der Waals surface area contributed by atoms with E-state index in [1.54, 1.807) is 0 Å². The number of carbonyl (C=O) groups is 1. The van der Waals surface area contributed by atoms with Crippen molar-refractivity contribution in [1.82, 2.24) is 9.27 Å². The second kappa shape index (κ2) is 5.76. The van der Waals surface area contributed by atoms with Gasteiger partial charge in [-0.3, -0.25) is 9.69 Å². The highest BCUT2D eigenvalue weighted by Gasteiger charge is 2.21. The number of hydrogen-bond acceptors (Lipinski definition) is 5. The van der Waals surface area contributed by atoms with Gasteiger partial charge in [-0.1, -0.05) is 12.1 Å². The fraction of sp³-hybridized carbons (Fsp3) is 0.429. The van der Waals surface area contributed by atoms with Crippen molar-refractivity contribution in [2.24, 2.45) is 5.73 Å². The van der Waals surface area contributed by atoms with Crippen LogP contribution in [0.3, 0.4) is 0 Å². The highest BCUT2D eigenvalue weighted by Crippen LogP contribution is 2.29. The van der Waals surface area contributed by atoms with Crippen LogP contribution in [0.15, 0.2) is 24.3 Å². The van der Waals surface area contributed by atoms with Gasteiger partial charge in [0, 0.05) is 24.5 Å². The Morgan fingerprint density at radius 1 is 1.40 bits per heavy atom. The minimum Gasteiger partial charge on any atom is -0.372 e. The smallest absolute Gasteiger partial charge is 0.231 e. The van der Waals surface area contributed by atoms with E-state index in [1.807, 2.05) is 18.2 Å². The maximum Gasteiger partial charge on any atom is 0.231 e. The zero-order valence-electron chi connectivity index (χ0n) is 11.2. The van der Waals surface area contributed by atoms with E-state index >= 15 is 0 Å². The highest BCUT2D eigenvalue weighted by molar-refractivity contribution is 7.11. The third-order valence-corrected chi connectivity index (χ3v) is 4.49. The van der Waals surface area contributed by atoms with Gasteiger partial charge < -0.3 is 11.1 Å². The number of amides is 1. The lowest BCUT2D eigenvalue weighted by atomic mass is 10.1. The Kier molecular flexibility index (Phi) is 3.84. The Morgan fingerprint density at radius 2 is 2.15 bits per heavy atom. The molecule has 0 aliphatic carbocycles. The molecular weight excluding hydrogens is 272 g/mol. The Hall–Kier alpha value is -1.66. The largest absolute Gasteiger partial charge is 0.372 e. The van der Waals surface area contributed by atoms with Crippen LogP contribution in [0, 0.1) is 0 Å². The monoisotopic (exact) mass is 290 g/mol. The maximum atomic E-state index is 10.9. The molecule has 1 saturated heterocycles. The van der Waals surface area contributed by atoms with Crippen molar-refractivity contribution in [2.45, 2.75) is 18.9 Å². The van der Waals surface area contributed by atoms with Gasteiger partial charge in [0.15, 0.2) is 0 Å². The number of nitrogens with one attached hydrogen (secondary N) is 1. The molecule has 0 radical (unpaired) electrons. The first-order chi connectivity index (χ1) is 9.72. The molecule has 2 heterocycles. The van der Waals surface area contributed by atoms with E-state index in [0.717, 1.165) is 36.4 Å². The summed E-state index contributed by atoms with van der Waals surface area (Å²) in [6, 6.07) is 8.63. The molecule has 1 amide bonds. The van der Waals surface area contributed by atoms with E-state index in [0.29, 0.717) is 12.6 Å². The number of hydrogen-bond donors (Lipinski definition) is 2. The number of nitrogens with two attached hydrogens (primary N) is 1. The van der Waals surface area contributed by atoms with Gasteiger partial charge in [-0.15, -0.1) is 0 Å². The third-order valence-electron chi connectivity index (χ3n) is 3.69. The SMILES string of the molecule is NC(=O)CN1CCC(Nc2snc3ccccc23)CC1. The first-order valence-electron chi connectivity index (χ1n) is 6.84. The van der Waals surface area contributed by atoms with E-state index in [-0.39, 0.29) is 5.91 Å². The number of aromatic nitrogens is 1. The quantitative estimate of drug-likeness (QED) is 0.898. The van der Waals surface area contributed by atoms with Gasteiger partial charge in [-0.25, -0.2) is 0 Å². The van der Waals surface area contributed by atoms with Crippen LogP contribution in [0.1, 0.15) is 12.8 Å². The molecule has 3 N–H and O–H groups in total. The maximum absolute atomic E-state index is 10.9. The fourth-order valence-electron chi connectivity index (χ4n) is 2.63. The van der Waals surface area contributed by atoms with E-state index in [4.69, 9.17) is 5.73 Å². The number of likely N-dealkylation sites (tertiary alicyclic amines) is 1. The molecule has 1 fully saturated rings. The lowest BCUT2D eigenvalue weighted by Gasteiger charge is -2.31. The van der Waals surface area contributed by atoms with E-state index < -0.39 is 0 Å². The zero-order chi connectivity index (χ0) is 13.9. The summed E-state index contributed by atoms with van der Waals surface area (Å²) in [4.78, 5) is 13.0. The summed E-state index contributed by atoms with van der Waals surface area (Å²) in [5, 5.41) is 5.93. The minimum absolute atomic E-state index is 0.245. The number of nitrogens with zero attached hydrogens (tertiary/aromatic N) is 2. The summed E-state index contributed by atoms with van der Waals surface area (Å²) in [5.41, 5.74) is 6.27. The van der Waals surface area contributed by atoms with Gasteiger partial charge in [0.25, 0.3) is 0 Å². The molecule has 0 bridgehead atoms. The molecular formula is C14H18N4OS. The predicted octanol–water partition coefficient (Wildman–Crippen LogP) is 1.66. The minimum atomic E-state index is -0.245. The van der Waals surface area contributed by atoms with E-state index in [2.05, 4.69) is 20.7 Å². The molecule has 106 valence electrons. The summed E-state index contributed by atoms with van der Waals surface area (Å²) >= 11 is 1.52. The van der Waals surface area contributed by atoms with Crippen molar-refractivity contribution >= 4 is 33.3 Å². The zero-order valence-corrected chi connectivity index (χ0v) is 12.0. The van der Waals surface area contributed by atoms with Crippen molar-refractivity contribution in [1.29, 1.82) is 0 Å². The highest BCUT2D eigenvalue weighted by atomic mass is 32.1. The molecule has 1 aromatic carbocycles. The van der Waals surface area contributed by atoms with Crippen LogP contribution in [-0.4, -0.2) is 40.9 Å². The molecule has 0 atom stereocenters. The van der Waals surface area contributed by atoms with Crippen LogP contribution in [-0.2, 0) is 4.79 Å². The second-order valence-electron chi connectivity index (χ2n) is 5.19. The summed E-state index contributed by atoms with van der Waals surface area (Å²) in [5.74, 6) is -0.245. The number of piperidine rings is 1. The van der Waals surface area contributed by atoms with Gasteiger partial charge >= 0.3 is 0 Å². The van der Waals surface area contributed by atoms with Crippen molar-refractivity contribution in [3.8, 4) is 0 Å². The average Bonchev–Trinajstić information content (AvgIpc) is 2.84. The lowest BCUT2D eigenvalue weighted by Crippen LogP contribution is -2.42. The van der Waals surface area contributed by atoms with Gasteiger partial charge in [0.05, 0.1) is 12.1 Å². The molecule has 1 aromatic heterocycles. The normalized spacial score (nSPS) is 17.4. The van der Waals surface area contributed by atoms with Crippen LogP contribution < -0.4 is 11.1 Å². The van der Waals surface area contributed by atoms with Crippen molar-refractivity contribution < 1.29 is 4.79 Å². The Labute approximate surface area is 121 Å². The fourth-order valence-corrected chi connectivity index (χ4v) is 3.47. The van der Waals surface area contributed by atoms with Crippen LogP contribution in [0.25, 0.3) is 10.9 Å². The van der Waals surface area contributed by atoms with Crippen molar-refractivity contribution in [3.05, 3.63) is 24.3 Å². The molecule has 0 saturated carbocycles. The Morgan fingerprint density at radius 3 is 2.90 bits per heavy atom. The molecule has 3 rings (SSSR count). The molecule has 0 spiro atoms. The standard InChI is InChI=1S/C14H18N4OS/c15-13(19)9-18-7-5-10(6-8-18)16-14-11-3-1-2-4-12(11)17-20-14/h1-4,10,16H,5-9H2,(H2,15,19). The van der Waals surface area contributed by atoms with Crippen molar-refractivity contribution in [2.75, 3.05) is 25.0 Å². The average molecular weight is 290 g/mol. The Bertz CT molecular complexity index is 604. The number of carbonyl (C=O) groups excluding carboxylic acids is 1. The number of rotatable bonds is 4. The van der Waals surface area contributed by atoms with Gasteiger partial charge in [-0.05, 0) is 36.5 Å². The molecule has 1 aliphatic rings. The Balaban J connectivity index is 1.61. The van der Waals surface area contributed by atoms with Gasteiger partial charge in [0.1, 0.15) is 5.00 Å². The molecule has 2 aromatic rings. The van der Waals surface area contributed by atoms with Crippen LogP contribution >= 0.6 is 11.5 Å². The molecule has 0 unspecified atom stereocenters. The number of benzene rings is 1. The number of primary amides is 1. The molecule has 5 nitrogen and oxygen atoms in total. The predicted molar refractivity (Wildman–Crippen MR) is 81.9 cm³/mol. The third kappa shape index (κ3) is 2.91. The molecule has 20 heavy (non-hydrogen) atoms. The van der Waals surface area contributed by atoms with Crippen LogP contribution in [0.5, 0.6) is 0 Å². The van der Waals surface area contributed by atoms with Crippen LogP contribution in [0.4, 0.5) is 5.00 Å². The second-order valence-corrected chi connectivity index (χ2v) is 5.96. The summed E-state index contributed by atoms with van der Waals surface area (Å²) in [6.45, 7) is 2.20. The van der Waals surface area contributed by atoms with Gasteiger partial charge in [0.2, 0.25) is 5.91 Å². The number of anilines is 1. The summed E-state index contributed by atoms with van der Waals surface area (Å²) < 4.78 is 4.45. The molecule has 1 aliphatic heterocycles.